The van der Waals surface area contributed by atoms with Gasteiger partial charge >= 0.3 is 5.97 Å². The predicted octanol–water partition coefficient (Wildman–Crippen LogP) is 1.09. The van der Waals surface area contributed by atoms with Gasteiger partial charge in [-0.1, -0.05) is 18.2 Å². The van der Waals surface area contributed by atoms with Gasteiger partial charge in [0.25, 0.3) is 0 Å². The molecule has 1 heterocycles. The number of nitrogens with zero attached hydrogens (tertiary/aromatic N) is 1. The summed E-state index contributed by atoms with van der Waals surface area (Å²) >= 11 is 0. The quantitative estimate of drug-likeness (QED) is 0.795. The first-order chi connectivity index (χ1) is 8.25. The van der Waals surface area contributed by atoms with E-state index >= 15 is 0 Å². The molecule has 0 aromatic heterocycles. The van der Waals surface area contributed by atoms with Crippen LogP contribution in [0.5, 0.6) is 0 Å². The SMILES string of the molecule is CC1CN(COC(=O)c2ccccc2)CCN1. The Labute approximate surface area is 102 Å². The fraction of sp³-hybridized carbons (Fsp3) is 0.462. The number of ether oxygens (including phenoxy) is 1. The molecule has 0 saturated carbocycles. The molecule has 0 bridgehead atoms. The maximum Gasteiger partial charge on any atom is 0.339 e. The molecule has 4 nitrogen and oxygen atoms in total. The van der Waals surface area contributed by atoms with Crippen LogP contribution in [0.1, 0.15) is 17.3 Å². The normalized spacial score (nSPS) is 21.1. The van der Waals surface area contributed by atoms with Gasteiger partial charge in [0.05, 0.1) is 5.56 Å². The van der Waals surface area contributed by atoms with Crippen LogP contribution in [0.2, 0.25) is 0 Å². The lowest BCUT2D eigenvalue weighted by molar-refractivity contribution is 0.0152. The largest absolute Gasteiger partial charge is 0.446 e. The van der Waals surface area contributed by atoms with Crippen molar-refractivity contribution in [1.82, 2.24) is 10.2 Å². The average molecular weight is 234 g/mol. The molecule has 0 radical (unpaired) electrons. The Morgan fingerprint density at radius 3 is 2.94 bits per heavy atom. The maximum atomic E-state index is 11.7. The molecule has 0 aliphatic carbocycles. The molecular weight excluding hydrogens is 216 g/mol. The Hall–Kier alpha value is -1.39. The highest BCUT2D eigenvalue weighted by atomic mass is 16.5. The molecule has 1 aliphatic heterocycles. The number of hydrogen-bond acceptors (Lipinski definition) is 4. The van der Waals surface area contributed by atoms with E-state index in [2.05, 4.69) is 17.1 Å². The molecule has 1 aromatic carbocycles. The maximum absolute atomic E-state index is 11.7. The van der Waals surface area contributed by atoms with Gasteiger partial charge in [0.15, 0.2) is 0 Å². The summed E-state index contributed by atoms with van der Waals surface area (Å²) in [5.74, 6) is -0.253. The molecule has 1 atom stereocenters. The predicted molar refractivity (Wildman–Crippen MR) is 65.8 cm³/mol. The van der Waals surface area contributed by atoms with Crippen LogP contribution < -0.4 is 5.32 Å². The lowest BCUT2D eigenvalue weighted by atomic mass is 10.2. The van der Waals surface area contributed by atoms with Crippen molar-refractivity contribution < 1.29 is 9.53 Å². The summed E-state index contributed by atoms with van der Waals surface area (Å²) < 4.78 is 5.28. The van der Waals surface area contributed by atoms with Crippen molar-refractivity contribution in [2.75, 3.05) is 26.4 Å². The highest BCUT2D eigenvalue weighted by molar-refractivity contribution is 5.89. The van der Waals surface area contributed by atoms with Crippen LogP contribution in [-0.2, 0) is 4.74 Å². The van der Waals surface area contributed by atoms with E-state index in [-0.39, 0.29) is 5.97 Å². The monoisotopic (exact) mass is 234 g/mol. The Balaban J connectivity index is 1.80. The summed E-state index contributed by atoms with van der Waals surface area (Å²) in [5, 5.41) is 3.35. The van der Waals surface area contributed by atoms with E-state index < -0.39 is 0 Å². The first-order valence-electron chi connectivity index (χ1n) is 5.93. The summed E-state index contributed by atoms with van der Waals surface area (Å²) in [4.78, 5) is 13.8. The molecule has 2 rings (SSSR count). The summed E-state index contributed by atoms with van der Waals surface area (Å²) in [6, 6.07) is 9.55. The number of carbonyl (C=O) groups is 1. The highest BCUT2D eigenvalue weighted by Gasteiger charge is 2.16. The summed E-state index contributed by atoms with van der Waals surface area (Å²) in [6.07, 6.45) is 0. The van der Waals surface area contributed by atoms with Crippen LogP contribution >= 0.6 is 0 Å². The van der Waals surface area contributed by atoms with Crippen molar-refractivity contribution in [3.05, 3.63) is 35.9 Å². The van der Waals surface area contributed by atoms with Gasteiger partial charge in [0.1, 0.15) is 6.73 Å². The first-order valence-corrected chi connectivity index (χ1v) is 5.93. The Morgan fingerprint density at radius 2 is 2.24 bits per heavy atom. The van der Waals surface area contributed by atoms with E-state index in [9.17, 15) is 4.79 Å². The molecule has 92 valence electrons. The zero-order valence-corrected chi connectivity index (χ0v) is 10.1. The van der Waals surface area contributed by atoms with Crippen molar-refractivity contribution in [2.24, 2.45) is 0 Å². The van der Waals surface area contributed by atoms with Gasteiger partial charge in [0.2, 0.25) is 0 Å². The molecular formula is C13H18N2O2. The average Bonchev–Trinajstić information content (AvgIpc) is 2.37. The molecule has 1 saturated heterocycles. The van der Waals surface area contributed by atoms with E-state index in [1.807, 2.05) is 18.2 Å². The van der Waals surface area contributed by atoms with E-state index in [0.29, 0.717) is 18.3 Å². The zero-order chi connectivity index (χ0) is 12.1. The van der Waals surface area contributed by atoms with Gasteiger partial charge < -0.3 is 10.1 Å². The lowest BCUT2D eigenvalue weighted by Crippen LogP contribution is -2.49. The molecule has 1 N–H and O–H groups in total. The van der Waals surface area contributed by atoms with Crippen molar-refractivity contribution >= 4 is 5.97 Å². The molecule has 4 heteroatoms. The van der Waals surface area contributed by atoms with Crippen molar-refractivity contribution in [1.29, 1.82) is 0 Å². The van der Waals surface area contributed by atoms with E-state index in [1.54, 1.807) is 12.1 Å². The smallest absolute Gasteiger partial charge is 0.339 e. The molecule has 1 unspecified atom stereocenters. The van der Waals surface area contributed by atoms with Gasteiger partial charge in [-0.05, 0) is 19.1 Å². The number of rotatable bonds is 3. The van der Waals surface area contributed by atoms with Crippen LogP contribution in [0.3, 0.4) is 0 Å². The van der Waals surface area contributed by atoms with Gasteiger partial charge in [-0.25, -0.2) is 4.79 Å². The molecule has 1 fully saturated rings. The van der Waals surface area contributed by atoms with Crippen LogP contribution in [0.15, 0.2) is 30.3 Å². The van der Waals surface area contributed by atoms with E-state index in [0.717, 1.165) is 19.6 Å². The van der Waals surface area contributed by atoms with Crippen molar-refractivity contribution in [3.63, 3.8) is 0 Å². The fourth-order valence-corrected chi connectivity index (χ4v) is 1.94. The Morgan fingerprint density at radius 1 is 1.47 bits per heavy atom. The number of carbonyl (C=O) groups excluding carboxylic acids is 1. The standard InChI is InChI=1S/C13H18N2O2/c1-11-9-15(8-7-14-11)10-17-13(16)12-5-3-2-4-6-12/h2-6,11,14H,7-10H2,1H3. The molecule has 1 aromatic rings. The lowest BCUT2D eigenvalue weighted by Gasteiger charge is -2.31. The van der Waals surface area contributed by atoms with Crippen LogP contribution in [0.25, 0.3) is 0 Å². The minimum atomic E-state index is -0.253. The summed E-state index contributed by atoms with van der Waals surface area (Å²) in [5.41, 5.74) is 0.607. The highest BCUT2D eigenvalue weighted by Crippen LogP contribution is 2.03. The van der Waals surface area contributed by atoms with Crippen molar-refractivity contribution in [2.45, 2.75) is 13.0 Å². The van der Waals surface area contributed by atoms with Crippen molar-refractivity contribution in [3.8, 4) is 0 Å². The number of piperazine rings is 1. The van der Waals surface area contributed by atoms with E-state index in [4.69, 9.17) is 4.74 Å². The summed E-state index contributed by atoms with van der Waals surface area (Å²) in [6.45, 7) is 5.30. The third kappa shape index (κ3) is 3.54. The molecule has 1 aliphatic rings. The molecule has 17 heavy (non-hydrogen) atoms. The fourth-order valence-electron chi connectivity index (χ4n) is 1.94. The first kappa shape index (κ1) is 12.1. The van der Waals surface area contributed by atoms with Crippen LogP contribution in [-0.4, -0.2) is 43.3 Å². The Kier molecular flexibility index (Phi) is 4.12. The second-order valence-corrected chi connectivity index (χ2v) is 4.36. The minimum absolute atomic E-state index is 0.253. The topological polar surface area (TPSA) is 41.6 Å². The zero-order valence-electron chi connectivity index (χ0n) is 10.1. The Bertz CT molecular complexity index is 367. The molecule has 0 amide bonds. The van der Waals surface area contributed by atoms with Gasteiger partial charge in [-0.2, -0.15) is 0 Å². The van der Waals surface area contributed by atoms with Gasteiger partial charge in [-0.15, -0.1) is 0 Å². The van der Waals surface area contributed by atoms with Crippen LogP contribution in [0, 0.1) is 0 Å². The van der Waals surface area contributed by atoms with Gasteiger partial charge in [-0.3, -0.25) is 4.90 Å². The number of nitrogens with one attached hydrogen (secondary N) is 1. The van der Waals surface area contributed by atoms with Crippen LogP contribution in [0.4, 0.5) is 0 Å². The second-order valence-electron chi connectivity index (χ2n) is 4.36. The summed E-state index contributed by atoms with van der Waals surface area (Å²) in [7, 11) is 0. The third-order valence-electron chi connectivity index (χ3n) is 2.84. The molecule has 0 spiro atoms. The number of hydrogen-bond donors (Lipinski definition) is 1. The number of benzene rings is 1. The third-order valence-corrected chi connectivity index (χ3v) is 2.84. The van der Waals surface area contributed by atoms with E-state index in [1.165, 1.54) is 0 Å². The van der Waals surface area contributed by atoms with Gasteiger partial charge in [0, 0.05) is 25.7 Å². The number of esters is 1. The second kappa shape index (κ2) is 5.80. The minimum Gasteiger partial charge on any atom is -0.446 e.